The summed E-state index contributed by atoms with van der Waals surface area (Å²) in [4.78, 5) is 4.03. The summed E-state index contributed by atoms with van der Waals surface area (Å²) in [5.74, 6) is 1.50. The van der Waals surface area contributed by atoms with Crippen molar-refractivity contribution in [2.45, 2.75) is 19.5 Å². The third-order valence-corrected chi connectivity index (χ3v) is 3.27. The molecule has 0 unspecified atom stereocenters. The summed E-state index contributed by atoms with van der Waals surface area (Å²) < 4.78 is 10.5. The summed E-state index contributed by atoms with van der Waals surface area (Å²) in [7, 11) is 3.29. The van der Waals surface area contributed by atoms with E-state index in [0.717, 1.165) is 23.6 Å². The van der Waals surface area contributed by atoms with Gasteiger partial charge in [-0.2, -0.15) is 0 Å². The van der Waals surface area contributed by atoms with Crippen LogP contribution in [0.1, 0.15) is 24.1 Å². The lowest BCUT2D eigenvalue weighted by atomic mass is 10.1. The average Bonchev–Trinajstić information content (AvgIpc) is 2.53. The Bertz CT molecular complexity index is 543. The zero-order chi connectivity index (χ0) is 14.4. The largest absolute Gasteiger partial charge is 0.493 e. The predicted molar refractivity (Wildman–Crippen MR) is 79.0 cm³/mol. The van der Waals surface area contributed by atoms with Crippen molar-refractivity contribution in [2.75, 3.05) is 14.2 Å². The maximum absolute atomic E-state index is 5.31. The number of benzene rings is 1. The monoisotopic (exact) mass is 272 g/mol. The fourth-order valence-corrected chi connectivity index (χ4v) is 2.03. The van der Waals surface area contributed by atoms with Gasteiger partial charge in [-0.05, 0) is 42.3 Å². The molecule has 0 aliphatic carbocycles. The van der Waals surface area contributed by atoms with Crippen molar-refractivity contribution >= 4 is 0 Å². The highest BCUT2D eigenvalue weighted by Crippen LogP contribution is 2.27. The van der Waals surface area contributed by atoms with Gasteiger partial charge < -0.3 is 14.8 Å². The molecule has 1 heterocycles. The van der Waals surface area contributed by atoms with Gasteiger partial charge in [0.1, 0.15) is 0 Å². The highest BCUT2D eigenvalue weighted by molar-refractivity contribution is 5.42. The van der Waals surface area contributed by atoms with Gasteiger partial charge in [0.2, 0.25) is 0 Å². The molecule has 20 heavy (non-hydrogen) atoms. The van der Waals surface area contributed by atoms with E-state index in [0.29, 0.717) is 0 Å². The molecule has 1 aromatic heterocycles. The number of hydrogen-bond donors (Lipinski definition) is 1. The Labute approximate surface area is 119 Å². The molecular weight excluding hydrogens is 252 g/mol. The van der Waals surface area contributed by atoms with Gasteiger partial charge in [0.25, 0.3) is 0 Å². The van der Waals surface area contributed by atoms with Crippen LogP contribution in [-0.4, -0.2) is 19.2 Å². The normalized spacial score (nSPS) is 11.9. The number of nitrogens with zero attached hydrogens (tertiary/aromatic N) is 1. The predicted octanol–water partition coefficient (Wildman–Crippen LogP) is 2.95. The summed E-state index contributed by atoms with van der Waals surface area (Å²) in [5, 5.41) is 3.48. The third-order valence-electron chi connectivity index (χ3n) is 3.27. The third kappa shape index (κ3) is 3.48. The van der Waals surface area contributed by atoms with Gasteiger partial charge in [-0.1, -0.05) is 6.07 Å². The molecule has 4 nitrogen and oxygen atoms in total. The lowest BCUT2D eigenvalue weighted by molar-refractivity contribution is 0.354. The van der Waals surface area contributed by atoms with Crippen molar-refractivity contribution < 1.29 is 9.47 Å². The van der Waals surface area contributed by atoms with Crippen molar-refractivity contribution in [1.29, 1.82) is 0 Å². The van der Waals surface area contributed by atoms with E-state index in [1.54, 1.807) is 14.2 Å². The molecule has 0 aliphatic heterocycles. The minimum absolute atomic E-state index is 0.270. The van der Waals surface area contributed by atoms with Crippen molar-refractivity contribution in [3.63, 3.8) is 0 Å². The van der Waals surface area contributed by atoms with Crippen LogP contribution in [-0.2, 0) is 6.54 Å². The van der Waals surface area contributed by atoms with Gasteiger partial charge in [-0.15, -0.1) is 0 Å². The van der Waals surface area contributed by atoms with Gasteiger partial charge in [0.05, 0.1) is 14.2 Å². The average molecular weight is 272 g/mol. The van der Waals surface area contributed by atoms with Crippen molar-refractivity contribution in [2.24, 2.45) is 0 Å². The number of aromatic nitrogens is 1. The lowest BCUT2D eigenvalue weighted by Gasteiger charge is -2.15. The molecule has 1 aromatic carbocycles. The molecule has 4 heteroatoms. The topological polar surface area (TPSA) is 43.4 Å². The smallest absolute Gasteiger partial charge is 0.161 e. The highest BCUT2D eigenvalue weighted by Gasteiger charge is 2.07. The van der Waals surface area contributed by atoms with Crippen LogP contribution in [0.2, 0.25) is 0 Å². The van der Waals surface area contributed by atoms with Gasteiger partial charge in [-0.3, -0.25) is 4.98 Å². The standard InChI is InChI=1S/C16H20N2O2/c1-12(14-6-8-17-9-7-14)18-11-13-4-5-15(19-2)16(10-13)20-3/h4-10,12,18H,11H2,1-3H3/t12-/m1/s1. The summed E-state index contributed by atoms with van der Waals surface area (Å²) in [6, 6.07) is 10.3. The zero-order valence-corrected chi connectivity index (χ0v) is 12.1. The molecule has 2 rings (SSSR count). The van der Waals surface area contributed by atoms with E-state index in [1.807, 2.05) is 42.7 Å². The second-order valence-electron chi connectivity index (χ2n) is 4.57. The fourth-order valence-electron chi connectivity index (χ4n) is 2.03. The molecule has 2 aromatic rings. The second kappa shape index (κ2) is 6.91. The summed E-state index contributed by atoms with van der Waals surface area (Å²) >= 11 is 0. The molecular formula is C16H20N2O2. The number of hydrogen-bond acceptors (Lipinski definition) is 4. The Morgan fingerprint density at radius 1 is 1.05 bits per heavy atom. The zero-order valence-electron chi connectivity index (χ0n) is 12.1. The second-order valence-corrected chi connectivity index (χ2v) is 4.57. The van der Waals surface area contributed by atoms with Crippen LogP contribution in [0.5, 0.6) is 11.5 Å². The molecule has 0 radical (unpaired) electrons. The molecule has 0 amide bonds. The Morgan fingerprint density at radius 2 is 1.75 bits per heavy atom. The minimum atomic E-state index is 0.270. The van der Waals surface area contributed by atoms with E-state index in [4.69, 9.17) is 9.47 Å². The van der Waals surface area contributed by atoms with Crippen LogP contribution in [0.4, 0.5) is 0 Å². The molecule has 0 aliphatic rings. The van der Waals surface area contributed by atoms with Gasteiger partial charge in [0.15, 0.2) is 11.5 Å². The van der Waals surface area contributed by atoms with Gasteiger partial charge >= 0.3 is 0 Å². The van der Waals surface area contributed by atoms with E-state index in [9.17, 15) is 0 Å². The van der Waals surface area contributed by atoms with E-state index in [-0.39, 0.29) is 6.04 Å². The van der Waals surface area contributed by atoms with E-state index in [1.165, 1.54) is 5.56 Å². The summed E-state index contributed by atoms with van der Waals surface area (Å²) in [6.45, 7) is 2.90. The van der Waals surface area contributed by atoms with Crippen LogP contribution in [0.15, 0.2) is 42.7 Å². The fraction of sp³-hybridized carbons (Fsp3) is 0.312. The minimum Gasteiger partial charge on any atom is -0.493 e. The number of rotatable bonds is 6. The van der Waals surface area contributed by atoms with Crippen LogP contribution in [0, 0.1) is 0 Å². The van der Waals surface area contributed by atoms with Crippen LogP contribution in [0.25, 0.3) is 0 Å². The number of methoxy groups -OCH3 is 2. The van der Waals surface area contributed by atoms with Gasteiger partial charge in [0, 0.05) is 25.0 Å². The molecule has 1 atom stereocenters. The Kier molecular flexibility index (Phi) is 4.96. The van der Waals surface area contributed by atoms with E-state index >= 15 is 0 Å². The Balaban J connectivity index is 2.00. The quantitative estimate of drug-likeness (QED) is 0.878. The van der Waals surface area contributed by atoms with Crippen LogP contribution < -0.4 is 14.8 Å². The maximum Gasteiger partial charge on any atom is 0.161 e. The number of ether oxygens (including phenoxy) is 2. The maximum atomic E-state index is 5.31. The van der Waals surface area contributed by atoms with E-state index < -0.39 is 0 Å². The first-order valence-electron chi connectivity index (χ1n) is 6.59. The van der Waals surface area contributed by atoms with Crippen LogP contribution in [0.3, 0.4) is 0 Å². The summed E-state index contributed by atoms with van der Waals surface area (Å²) in [5.41, 5.74) is 2.38. The number of pyridine rings is 1. The molecule has 0 fully saturated rings. The SMILES string of the molecule is COc1ccc(CN[C@H](C)c2ccncc2)cc1OC. The molecule has 0 bridgehead atoms. The first-order valence-corrected chi connectivity index (χ1v) is 6.59. The van der Waals surface area contributed by atoms with Crippen molar-refractivity contribution in [3.8, 4) is 11.5 Å². The molecule has 0 saturated heterocycles. The molecule has 1 N–H and O–H groups in total. The molecule has 0 saturated carbocycles. The van der Waals surface area contributed by atoms with Crippen molar-refractivity contribution in [3.05, 3.63) is 53.9 Å². The first-order chi connectivity index (χ1) is 9.74. The van der Waals surface area contributed by atoms with Crippen molar-refractivity contribution in [1.82, 2.24) is 10.3 Å². The van der Waals surface area contributed by atoms with Gasteiger partial charge in [-0.25, -0.2) is 0 Å². The van der Waals surface area contributed by atoms with Crippen LogP contribution >= 0.6 is 0 Å². The highest BCUT2D eigenvalue weighted by atomic mass is 16.5. The first kappa shape index (κ1) is 14.3. The molecule has 0 spiro atoms. The lowest BCUT2D eigenvalue weighted by Crippen LogP contribution is -2.18. The number of nitrogens with one attached hydrogen (secondary N) is 1. The Morgan fingerprint density at radius 3 is 2.40 bits per heavy atom. The Hall–Kier alpha value is -2.07. The summed E-state index contributed by atoms with van der Waals surface area (Å²) in [6.07, 6.45) is 3.62. The molecule has 106 valence electrons. The van der Waals surface area contributed by atoms with E-state index in [2.05, 4.69) is 17.2 Å².